The summed E-state index contributed by atoms with van der Waals surface area (Å²) in [6.45, 7) is 13.1. The van der Waals surface area contributed by atoms with E-state index in [9.17, 15) is 9.59 Å². The molecule has 2 atom stereocenters. The Hall–Kier alpha value is -1.26. The Kier molecular flexibility index (Phi) is 6.87. The van der Waals surface area contributed by atoms with Gasteiger partial charge in [0.1, 0.15) is 11.6 Å². The predicted molar refractivity (Wildman–Crippen MR) is 75.9 cm³/mol. The topological polar surface area (TPSA) is 67.4 Å². The van der Waals surface area contributed by atoms with Gasteiger partial charge in [0.15, 0.2) is 0 Å². The maximum absolute atomic E-state index is 12.1. The number of rotatable bonds is 5. The van der Waals surface area contributed by atoms with Crippen molar-refractivity contribution >= 4 is 12.0 Å². The number of hydrogen-bond donors (Lipinski definition) is 2. The molecule has 19 heavy (non-hydrogen) atoms. The molecule has 0 saturated heterocycles. The van der Waals surface area contributed by atoms with E-state index in [0.29, 0.717) is 0 Å². The van der Waals surface area contributed by atoms with Crippen molar-refractivity contribution < 1.29 is 14.3 Å². The first kappa shape index (κ1) is 17.7. The fourth-order valence-electron chi connectivity index (χ4n) is 1.48. The van der Waals surface area contributed by atoms with Crippen molar-refractivity contribution in [3.63, 3.8) is 0 Å². The SMILES string of the molecule is CC[C@H](C)[C@H](NC(=O)NC(C)C)C(=O)OC(C)(C)C. The smallest absolute Gasteiger partial charge is 0.329 e. The third-order valence-corrected chi connectivity index (χ3v) is 2.58. The first-order chi connectivity index (χ1) is 8.56. The number of urea groups is 1. The van der Waals surface area contributed by atoms with Crippen LogP contribution in [0.1, 0.15) is 54.9 Å². The Labute approximate surface area is 116 Å². The highest BCUT2D eigenvalue weighted by atomic mass is 16.6. The van der Waals surface area contributed by atoms with Crippen LogP contribution in [0.5, 0.6) is 0 Å². The summed E-state index contributed by atoms with van der Waals surface area (Å²) < 4.78 is 5.35. The van der Waals surface area contributed by atoms with Crippen molar-refractivity contribution in [3.05, 3.63) is 0 Å². The first-order valence-electron chi connectivity index (χ1n) is 6.86. The lowest BCUT2D eigenvalue weighted by Gasteiger charge is -2.27. The Morgan fingerprint density at radius 3 is 2.00 bits per heavy atom. The van der Waals surface area contributed by atoms with Crippen LogP contribution < -0.4 is 10.6 Å². The van der Waals surface area contributed by atoms with E-state index < -0.39 is 11.6 Å². The van der Waals surface area contributed by atoms with E-state index in [0.717, 1.165) is 6.42 Å². The second kappa shape index (κ2) is 7.36. The van der Waals surface area contributed by atoms with Gasteiger partial charge < -0.3 is 15.4 Å². The van der Waals surface area contributed by atoms with Gasteiger partial charge in [-0.25, -0.2) is 9.59 Å². The molecule has 0 rings (SSSR count). The van der Waals surface area contributed by atoms with Gasteiger partial charge in [-0.2, -0.15) is 0 Å². The van der Waals surface area contributed by atoms with E-state index in [2.05, 4.69) is 10.6 Å². The van der Waals surface area contributed by atoms with Crippen LogP contribution in [0.25, 0.3) is 0 Å². The zero-order chi connectivity index (χ0) is 15.2. The maximum atomic E-state index is 12.1. The molecule has 5 nitrogen and oxygen atoms in total. The second-order valence-corrected chi connectivity index (χ2v) is 6.17. The highest BCUT2D eigenvalue weighted by molar-refractivity contribution is 5.84. The van der Waals surface area contributed by atoms with Gasteiger partial charge in [0.2, 0.25) is 0 Å². The van der Waals surface area contributed by atoms with Gasteiger partial charge in [0.05, 0.1) is 0 Å². The number of amides is 2. The van der Waals surface area contributed by atoms with Gasteiger partial charge in [0, 0.05) is 6.04 Å². The molecule has 2 N–H and O–H groups in total. The lowest BCUT2D eigenvalue weighted by atomic mass is 9.99. The van der Waals surface area contributed by atoms with Crippen molar-refractivity contribution in [2.75, 3.05) is 0 Å². The Morgan fingerprint density at radius 1 is 1.11 bits per heavy atom. The third-order valence-electron chi connectivity index (χ3n) is 2.58. The summed E-state index contributed by atoms with van der Waals surface area (Å²) in [5.41, 5.74) is -0.557. The number of carbonyl (C=O) groups excluding carboxylic acids is 2. The molecular weight excluding hydrogens is 244 g/mol. The average Bonchev–Trinajstić information content (AvgIpc) is 2.21. The van der Waals surface area contributed by atoms with Crippen molar-refractivity contribution in [1.29, 1.82) is 0 Å². The molecular formula is C14H28N2O3. The highest BCUT2D eigenvalue weighted by Crippen LogP contribution is 2.14. The number of esters is 1. The van der Waals surface area contributed by atoms with Crippen LogP contribution in [0.3, 0.4) is 0 Å². The van der Waals surface area contributed by atoms with Crippen LogP contribution in [0, 0.1) is 5.92 Å². The molecule has 0 bridgehead atoms. The molecule has 0 aromatic carbocycles. The molecule has 0 spiro atoms. The monoisotopic (exact) mass is 272 g/mol. The van der Waals surface area contributed by atoms with Crippen LogP contribution in [-0.4, -0.2) is 29.7 Å². The van der Waals surface area contributed by atoms with E-state index in [1.54, 1.807) is 0 Å². The van der Waals surface area contributed by atoms with Gasteiger partial charge in [-0.05, 0) is 40.5 Å². The Balaban J connectivity index is 4.73. The highest BCUT2D eigenvalue weighted by Gasteiger charge is 2.30. The first-order valence-corrected chi connectivity index (χ1v) is 6.86. The number of ether oxygens (including phenoxy) is 1. The largest absolute Gasteiger partial charge is 0.458 e. The van der Waals surface area contributed by atoms with E-state index in [1.165, 1.54) is 0 Å². The van der Waals surface area contributed by atoms with Gasteiger partial charge in [-0.3, -0.25) is 0 Å². The Morgan fingerprint density at radius 2 is 1.63 bits per heavy atom. The number of carbonyl (C=O) groups is 2. The minimum absolute atomic E-state index is 0.0211. The molecule has 0 heterocycles. The summed E-state index contributed by atoms with van der Waals surface area (Å²) >= 11 is 0. The molecule has 0 fully saturated rings. The standard InChI is InChI=1S/C14H28N2O3/c1-8-10(4)11(12(17)19-14(5,6)7)16-13(18)15-9(2)3/h9-11H,8H2,1-7H3,(H2,15,16,18)/t10-,11-/m0/s1. The number of nitrogens with one attached hydrogen (secondary N) is 2. The average molecular weight is 272 g/mol. The van der Waals surface area contributed by atoms with Gasteiger partial charge >= 0.3 is 12.0 Å². The quantitative estimate of drug-likeness (QED) is 0.755. The van der Waals surface area contributed by atoms with Gasteiger partial charge in [-0.15, -0.1) is 0 Å². The molecule has 0 aromatic rings. The van der Waals surface area contributed by atoms with Crippen LogP contribution in [-0.2, 0) is 9.53 Å². The van der Waals surface area contributed by atoms with Crippen molar-refractivity contribution in [1.82, 2.24) is 10.6 Å². The minimum Gasteiger partial charge on any atom is -0.458 e. The molecule has 112 valence electrons. The molecule has 2 amide bonds. The van der Waals surface area contributed by atoms with E-state index >= 15 is 0 Å². The van der Waals surface area contributed by atoms with Crippen molar-refractivity contribution in [2.45, 2.75) is 72.6 Å². The van der Waals surface area contributed by atoms with E-state index in [4.69, 9.17) is 4.74 Å². The van der Waals surface area contributed by atoms with Crippen LogP contribution >= 0.6 is 0 Å². The summed E-state index contributed by atoms with van der Waals surface area (Å²) in [6, 6.07) is -0.939. The lowest BCUT2D eigenvalue weighted by Crippen LogP contribution is -2.52. The maximum Gasteiger partial charge on any atom is 0.329 e. The zero-order valence-corrected chi connectivity index (χ0v) is 13.2. The summed E-state index contributed by atoms with van der Waals surface area (Å²) in [6.07, 6.45) is 0.784. The fourth-order valence-corrected chi connectivity index (χ4v) is 1.48. The van der Waals surface area contributed by atoms with Crippen LogP contribution in [0.2, 0.25) is 0 Å². The van der Waals surface area contributed by atoms with Gasteiger partial charge in [0.25, 0.3) is 0 Å². The summed E-state index contributed by atoms with van der Waals surface area (Å²) in [5.74, 6) is -0.367. The summed E-state index contributed by atoms with van der Waals surface area (Å²) in [4.78, 5) is 23.8. The van der Waals surface area contributed by atoms with Crippen LogP contribution in [0.4, 0.5) is 4.79 Å². The molecule has 0 aliphatic rings. The van der Waals surface area contributed by atoms with Gasteiger partial charge in [-0.1, -0.05) is 20.3 Å². The molecule has 0 saturated carbocycles. The normalized spacial score (nSPS) is 14.7. The molecule has 5 heteroatoms. The van der Waals surface area contributed by atoms with Crippen molar-refractivity contribution in [3.8, 4) is 0 Å². The summed E-state index contributed by atoms with van der Waals surface area (Å²) in [5, 5.41) is 5.41. The van der Waals surface area contributed by atoms with E-state index in [-0.39, 0.29) is 24.0 Å². The fraction of sp³-hybridized carbons (Fsp3) is 0.857. The zero-order valence-electron chi connectivity index (χ0n) is 13.2. The van der Waals surface area contributed by atoms with Crippen molar-refractivity contribution in [2.24, 2.45) is 5.92 Å². The third kappa shape index (κ3) is 7.70. The second-order valence-electron chi connectivity index (χ2n) is 6.17. The van der Waals surface area contributed by atoms with E-state index in [1.807, 2.05) is 48.5 Å². The predicted octanol–water partition coefficient (Wildman–Crippen LogP) is 2.45. The molecule has 0 radical (unpaired) electrons. The minimum atomic E-state index is -0.622. The number of hydrogen-bond acceptors (Lipinski definition) is 3. The molecule has 0 aromatic heterocycles. The molecule has 0 unspecified atom stereocenters. The summed E-state index contributed by atoms with van der Waals surface area (Å²) in [7, 11) is 0. The molecule has 0 aliphatic carbocycles. The molecule has 0 aliphatic heterocycles. The Bertz CT molecular complexity index is 308. The van der Waals surface area contributed by atoms with Crippen LogP contribution in [0.15, 0.2) is 0 Å². The lowest BCUT2D eigenvalue weighted by molar-refractivity contribution is -0.158.